The van der Waals surface area contributed by atoms with Crippen molar-refractivity contribution in [1.29, 1.82) is 0 Å². The van der Waals surface area contributed by atoms with E-state index < -0.39 is 5.60 Å². The molecule has 2 aliphatic rings. The normalized spacial score (nSPS) is 20.4. The van der Waals surface area contributed by atoms with Crippen LogP contribution in [0.4, 0.5) is 0 Å². The van der Waals surface area contributed by atoms with Crippen LogP contribution in [-0.2, 0) is 17.9 Å². The number of nitrogens with zero attached hydrogens (tertiary/aromatic N) is 6. The number of piperidine rings is 2. The van der Waals surface area contributed by atoms with Gasteiger partial charge in [0.25, 0.3) is 5.56 Å². The van der Waals surface area contributed by atoms with Crippen molar-refractivity contribution in [1.82, 2.24) is 28.9 Å². The third-order valence-electron chi connectivity index (χ3n) is 9.44. The van der Waals surface area contributed by atoms with Gasteiger partial charge >= 0.3 is 0 Å². The Hall–Kier alpha value is -4.12. The van der Waals surface area contributed by atoms with Gasteiger partial charge in [0.1, 0.15) is 11.3 Å². The molecule has 2 aromatic carbocycles. The van der Waals surface area contributed by atoms with Crippen LogP contribution in [0.2, 0.25) is 0 Å². The molecular weight excluding hydrogens is 584 g/mol. The minimum atomic E-state index is -1.09. The highest BCUT2D eigenvalue weighted by Crippen LogP contribution is 2.36. The van der Waals surface area contributed by atoms with Crippen molar-refractivity contribution in [3.63, 3.8) is 0 Å². The maximum Gasteiger partial charge on any atom is 0.262 e. The molecule has 2 aliphatic heterocycles. The molecule has 2 saturated heterocycles. The van der Waals surface area contributed by atoms with Gasteiger partial charge in [-0.15, -0.1) is 11.3 Å². The van der Waals surface area contributed by atoms with Crippen LogP contribution in [-0.4, -0.2) is 71.7 Å². The number of para-hydroxylation sites is 1. The molecule has 0 unspecified atom stereocenters. The molecule has 9 nitrogen and oxygen atoms in total. The van der Waals surface area contributed by atoms with Crippen LogP contribution in [0.3, 0.4) is 0 Å². The van der Waals surface area contributed by atoms with Crippen LogP contribution in [0.5, 0.6) is 0 Å². The summed E-state index contributed by atoms with van der Waals surface area (Å²) in [6.07, 6.45) is 6.91. The number of hydrogen-bond donors (Lipinski definition) is 1. The van der Waals surface area contributed by atoms with E-state index in [-0.39, 0.29) is 29.8 Å². The number of rotatable bonds is 7. The summed E-state index contributed by atoms with van der Waals surface area (Å²) in [5, 5.41) is 13.2. The van der Waals surface area contributed by atoms with E-state index in [1.54, 1.807) is 17.4 Å². The van der Waals surface area contributed by atoms with E-state index in [1.165, 1.54) is 21.3 Å². The summed E-state index contributed by atoms with van der Waals surface area (Å²) < 4.78 is 3.41. The van der Waals surface area contributed by atoms with Crippen LogP contribution in [0, 0.1) is 12.8 Å². The zero-order chi connectivity index (χ0) is 31.0. The predicted octanol–water partition coefficient (Wildman–Crippen LogP) is 4.61. The minimum Gasteiger partial charge on any atom is -0.388 e. The van der Waals surface area contributed by atoms with Gasteiger partial charge in [-0.25, -0.2) is 9.97 Å². The summed E-state index contributed by atoms with van der Waals surface area (Å²) in [6, 6.07) is 22.0. The van der Waals surface area contributed by atoms with Crippen LogP contribution in [0.25, 0.3) is 16.7 Å². The van der Waals surface area contributed by atoms with E-state index in [1.807, 2.05) is 70.4 Å². The lowest BCUT2D eigenvalue weighted by molar-refractivity contribution is -0.142. The smallest absolute Gasteiger partial charge is 0.262 e. The summed E-state index contributed by atoms with van der Waals surface area (Å²) >= 11 is 1.73. The third kappa shape index (κ3) is 6.10. The topological polar surface area (TPSA) is 96.5 Å². The highest BCUT2D eigenvalue weighted by atomic mass is 32.1. The summed E-state index contributed by atoms with van der Waals surface area (Å²) in [4.78, 5) is 42.2. The van der Waals surface area contributed by atoms with Crippen LogP contribution in [0.1, 0.15) is 40.6 Å². The molecule has 1 amide bonds. The van der Waals surface area contributed by atoms with Crippen molar-refractivity contribution in [2.45, 2.75) is 50.8 Å². The first-order chi connectivity index (χ1) is 21.9. The molecule has 0 radical (unpaired) electrons. The molecule has 10 heteroatoms. The average Bonchev–Trinajstić information content (AvgIpc) is 3.69. The summed E-state index contributed by atoms with van der Waals surface area (Å²) in [5.41, 5.74) is 1.45. The molecular formula is C35H38N6O3S. The van der Waals surface area contributed by atoms with Crippen LogP contribution >= 0.6 is 11.3 Å². The maximum atomic E-state index is 14.0. The number of carbonyl (C=O) groups is 1. The van der Waals surface area contributed by atoms with E-state index in [9.17, 15) is 14.7 Å². The molecule has 0 spiro atoms. The fourth-order valence-electron chi connectivity index (χ4n) is 6.98. The van der Waals surface area contributed by atoms with Gasteiger partial charge in [0, 0.05) is 54.4 Å². The number of amides is 1. The van der Waals surface area contributed by atoms with Gasteiger partial charge in [-0.2, -0.15) is 0 Å². The maximum absolute atomic E-state index is 14.0. The zero-order valence-electron chi connectivity index (χ0n) is 25.5. The van der Waals surface area contributed by atoms with Crippen molar-refractivity contribution in [3.8, 4) is 5.69 Å². The van der Waals surface area contributed by atoms with E-state index in [0.717, 1.165) is 36.8 Å². The molecule has 5 heterocycles. The largest absolute Gasteiger partial charge is 0.388 e. The molecule has 45 heavy (non-hydrogen) atoms. The zero-order valence-corrected chi connectivity index (χ0v) is 26.3. The Bertz CT molecular complexity index is 1840. The number of carbonyl (C=O) groups excluding carboxylic acids is 1. The quantitative estimate of drug-likeness (QED) is 0.285. The van der Waals surface area contributed by atoms with Crippen molar-refractivity contribution >= 4 is 28.3 Å². The van der Waals surface area contributed by atoms with Crippen LogP contribution in [0.15, 0.2) is 90.2 Å². The number of aliphatic hydroxyl groups is 1. The Morgan fingerprint density at radius 2 is 1.73 bits per heavy atom. The first kappa shape index (κ1) is 29.6. The van der Waals surface area contributed by atoms with Gasteiger partial charge in [-0.3, -0.25) is 19.1 Å². The molecule has 5 aromatic rings. The van der Waals surface area contributed by atoms with Gasteiger partial charge in [0.15, 0.2) is 5.65 Å². The molecule has 2 atom stereocenters. The van der Waals surface area contributed by atoms with E-state index in [0.29, 0.717) is 37.0 Å². The molecule has 232 valence electrons. The highest BCUT2D eigenvalue weighted by molar-refractivity contribution is 7.11. The first-order valence-corrected chi connectivity index (χ1v) is 16.5. The average molecular weight is 623 g/mol. The molecule has 3 aromatic heterocycles. The second kappa shape index (κ2) is 12.3. The molecule has 1 N–H and O–H groups in total. The Kier molecular flexibility index (Phi) is 8.12. The Morgan fingerprint density at radius 3 is 2.44 bits per heavy atom. The van der Waals surface area contributed by atoms with Crippen molar-refractivity contribution in [3.05, 3.63) is 111 Å². The number of hydrogen-bond acceptors (Lipinski definition) is 7. The standard InChI is InChI=1S/C35H38N6O3S/c1-25-20-36-31(45-25)22-38-16-12-28(30(21-38)26-8-4-2-5-9-26)33(42)39-18-14-35(44,15-19-39)23-40-24-37-32-29(34(40)43)13-17-41(32)27-10-6-3-7-11-27/h2-11,13,17,20,24,28,30,44H,12,14-16,18-19,21-23H2,1H3/t28-,30+/m1/s1. The highest BCUT2D eigenvalue weighted by Gasteiger charge is 2.41. The minimum absolute atomic E-state index is 0.0916. The first-order valence-electron chi connectivity index (χ1n) is 15.7. The number of thiazole rings is 1. The number of fused-ring (bicyclic) bond motifs is 1. The lowest BCUT2D eigenvalue weighted by atomic mass is 9.79. The molecule has 7 rings (SSSR count). The van der Waals surface area contributed by atoms with Gasteiger partial charge in [-0.1, -0.05) is 48.5 Å². The van der Waals surface area contributed by atoms with Crippen LogP contribution < -0.4 is 5.56 Å². The number of likely N-dealkylation sites (tertiary alicyclic amines) is 2. The number of aryl methyl sites for hydroxylation is 1. The third-order valence-corrected chi connectivity index (χ3v) is 10.3. The second-order valence-electron chi connectivity index (χ2n) is 12.5. The Morgan fingerprint density at radius 1 is 1.00 bits per heavy atom. The van der Waals surface area contributed by atoms with Crippen molar-refractivity contribution in [2.24, 2.45) is 5.92 Å². The summed E-state index contributed by atoms with van der Waals surface area (Å²) in [7, 11) is 0. The van der Waals surface area contributed by atoms with Crippen molar-refractivity contribution < 1.29 is 9.90 Å². The van der Waals surface area contributed by atoms with Gasteiger partial charge in [-0.05, 0) is 56.5 Å². The summed E-state index contributed by atoms with van der Waals surface area (Å²) in [6.45, 7) is 5.61. The van der Waals surface area contributed by atoms with E-state index in [4.69, 9.17) is 0 Å². The molecule has 0 aliphatic carbocycles. The monoisotopic (exact) mass is 622 g/mol. The van der Waals surface area contributed by atoms with Gasteiger partial charge in [0.2, 0.25) is 5.91 Å². The van der Waals surface area contributed by atoms with Gasteiger partial charge < -0.3 is 14.6 Å². The Balaban J connectivity index is 1.03. The van der Waals surface area contributed by atoms with E-state index >= 15 is 0 Å². The lowest BCUT2D eigenvalue weighted by Crippen LogP contribution is -2.53. The summed E-state index contributed by atoms with van der Waals surface area (Å²) in [5.74, 6) is 0.141. The fraction of sp³-hybridized carbons (Fsp3) is 0.371. The van der Waals surface area contributed by atoms with Gasteiger partial charge in [0.05, 0.1) is 24.1 Å². The SMILES string of the molecule is Cc1cnc(CN2CC[C@@H](C(=O)N3CCC(O)(Cn4cnc5c(ccn5-c5ccccc5)c4=O)CC3)[C@H](c3ccccc3)C2)s1. The molecule has 2 fully saturated rings. The Labute approximate surface area is 266 Å². The number of benzene rings is 2. The molecule has 0 bridgehead atoms. The molecule has 0 saturated carbocycles. The number of aromatic nitrogens is 4. The predicted molar refractivity (Wildman–Crippen MR) is 176 cm³/mol. The van der Waals surface area contributed by atoms with Crippen molar-refractivity contribution in [2.75, 3.05) is 26.2 Å². The van der Waals surface area contributed by atoms with E-state index in [2.05, 4.69) is 33.9 Å². The fourth-order valence-corrected chi connectivity index (χ4v) is 7.81. The second-order valence-corrected chi connectivity index (χ2v) is 13.8. The lowest BCUT2D eigenvalue weighted by Gasteiger charge is -2.43.